The van der Waals surface area contributed by atoms with Crippen LogP contribution in [0.2, 0.25) is 0 Å². The summed E-state index contributed by atoms with van der Waals surface area (Å²) in [5.74, 6) is 0. The average Bonchev–Trinajstić information content (AvgIpc) is 2.48. The molecule has 3 rings (SSSR count). The van der Waals surface area contributed by atoms with Crippen molar-refractivity contribution in [1.29, 1.82) is 0 Å². The zero-order valence-electron chi connectivity index (χ0n) is 15.6. The number of likely N-dealkylation sites (tertiary alicyclic amines) is 2. The van der Waals surface area contributed by atoms with E-state index in [1.807, 2.05) is 51.1 Å². The van der Waals surface area contributed by atoms with Gasteiger partial charge < -0.3 is 19.7 Å². The number of nitrogens with one attached hydrogen (secondary N) is 1. The normalized spacial score (nSPS) is 18.7. The van der Waals surface area contributed by atoms with E-state index in [2.05, 4.69) is 10.2 Å². The first-order valence-corrected chi connectivity index (χ1v) is 8.99. The largest absolute Gasteiger partial charge is 0.445 e. The number of carbonyl (C=O) groups excluding carboxylic acids is 2. The summed E-state index contributed by atoms with van der Waals surface area (Å²) in [6.45, 7) is 8.80. The van der Waals surface area contributed by atoms with Gasteiger partial charge in [-0.05, 0) is 26.3 Å². The molecule has 2 fully saturated rings. The summed E-state index contributed by atoms with van der Waals surface area (Å²) in [5, 5.41) is 2.88. The Morgan fingerprint density at radius 3 is 2.38 bits per heavy atom. The van der Waals surface area contributed by atoms with E-state index in [1.54, 1.807) is 4.90 Å². The fraction of sp³-hybridized carbons (Fsp3) is 0.579. The number of nitrogens with zero attached hydrogens (tertiary/aromatic N) is 2. The van der Waals surface area contributed by atoms with Gasteiger partial charge in [0.2, 0.25) is 0 Å². The van der Waals surface area contributed by atoms with E-state index < -0.39 is 5.60 Å². The van der Waals surface area contributed by atoms with Crippen LogP contribution in [0.25, 0.3) is 0 Å². The summed E-state index contributed by atoms with van der Waals surface area (Å²) >= 11 is 0. The molecule has 2 amide bonds. The molecule has 7 nitrogen and oxygen atoms in total. The molecule has 1 aromatic carbocycles. The molecule has 2 saturated heterocycles. The quantitative estimate of drug-likeness (QED) is 0.890. The smallest absolute Gasteiger partial charge is 0.410 e. The Balaban J connectivity index is 1.29. The standard InChI is InChI=1S/C19H27N3O4/c1-19(2,3)26-18(24)22-11-16(12-22)21-9-15(10-21)20-17(23)25-13-14-7-5-4-6-8-14/h4-8,15-16H,9-13H2,1-3H3,(H,20,23). The highest BCUT2D eigenvalue weighted by atomic mass is 16.6. The van der Waals surface area contributed by atoms with Crippen molar-refractivity contribution in [2.45, 2.75) is 45.1 Å². The van der Waals surface area contributed by atoms with Crippen LogP contribution in [-0.2, 0) is 16.1 Å². The van der Waals surface area contributed by atoms with Crippen molar-refractivity contribution < 1.29 is 19.1 Å². The van der Waals surface area contributed by atoms with Gasteiger partial charge in [-0.3, -0.25) is 4.90 Å². The minimum Gasteiger partial charge on any atom is -0.445 e. The number of hydrogen-bond acceptors (Lipinski definition) is 5. The lowest BCUT2D eigenvalue weighted by molar-refractivity contribution is -0.0364. The predicted octanol–water partition coefficient (Wildman–Crippen LogP) is 2.22. The number of ether oxygens (including phenoxy) is 2. The number of rotatable bonds is 4. The van der Waals surface area contributed by atoms with Crippen LogP contribution in [-0.4, -0.2) is 65.9 Å². The van der Waals surface area contributed by atoms with E-state index >= 15 is 0 Å². The van der Waals surface area contributed by atoms with E-state index in [9.17, 15) is 9.59 Å². The summed E-state index contributed by atoms with van der Waals surface area (Å²) in [6.07, 6.45) is -0.643. The van der Waals surface area contributed by atoms with Gasteiger partial charge in [0.05, 0.1) is 6.04 Å². The number of amides is 2. The fourth-order valence-corrected chi connectivity index (χ4v) is 3.00. The minimum absolute atomic E-state index is 0.105. The molecule has 0 saturated carbocycles. The van der Waals surface area contributed by atoms with Gasteiger partial charge in [-0.25, -0.2) is 9.59 Å². The second kappa shape index (κ2) is 7.53. The lowest BCUT2D eigenvalue weighted by atomic mass is 10.0. The van der Waals surface area contributed by atoms with Gasteiger partial charge in [-0.1, -0.05) is 30.3 Å². The van der Waals surface area contributed by atoms with Crippen LogP contribution in [0.15, 0.2) is 30.3 Å². The first-order valence-electron chi connectivity index (χ1n) is 8.99. The Morgan fingerprint density at radius 2 is 1.77 bits per heavy atom. The van der Waals surface area contributed by atoms with Crippen molar-refractivity contribution in [3.8, 4) is 0 Å². The van der Waals surface area contributed by atoms with E-state index in [4.69, 9.17) is 9.47 Å². The SMILES string of the molecule is CC(C)(C)OC(=O)N1CC(N2CC(NC(=O)OCc3ccccc3)C2)C1. The number of carbonyl (C=O) groups is 2. The Bertz CT molecular complexity index is 632. The Morgan fingerprint density at radius 1 is 1.12 bits per heavy atom. The number of hydrogen-bond donors (Lipinski definition) is 1. The van der Waals surface area contributed by atoms with Crippen LogP contribution in [0.4, 0.5) is 9.59 Å². The van der Waals surface area contributed by atoms with Crippen molar-refractivity contribution in [2.24, 2.45) is 0 Å². The van der Waals surface area contributed by atoms with E-state index in [0.717, 1.165) is 18.7 Å². The van der Waals surface area contributed by atoms with Gasteiger partial charge in [0.25, 0.3) is 0 Å². The maximum atomic E-state index is 11.9. The zero-order chi connectivity index (χ0) is 18.7. The van der Waals surface area contributed by atoms with Crippen molar-refractivity contribution in [1.82, 2.24) is 15.1 Å². The third-order valence-corrected chi connectivity index (χ3v) is 4.47. The highest BCUT2D eigenvalue weighted by Gasteiger charge is 2.42. The molecular weight excluding hydrogens is 334 g/mol. The van der Waals surface area contributed by atoms with Crippen LogP contribution < -0.4 is 5.32 Å². The van der Waals surface area contributed by atoms with Crippen molar-refractivity contribution >= 4 is 12.2 Å². The first-order chi connectivity index (χ1) is 12.3. The maximum Gasteiger partial charge on any atom is 0.410 e. The highest BCUT2D eigenvalue weighted by molar-refractivity contribution is 5.69. The summed E-state index contributed by atoms with van der Waals surface area (Å²) in [4.78, 5) is 27.7. The molecule has 2 aliphatic heterocycles. The van der Waals surface area contributed by atoms with E-state index in [-0.39, 0.29) is 24.8 Å². The fourth-order valence-electron chi connectivity index (χ4n) is 3.00. The highest BCUT2D eigenvalue weighted by Crippen LogP contribution is 2.23. The van der Waals surface area contributed by atoms with E-state index in [1.165, 1.54) is 0 Å². The summed E-state index contributed by atoms with van der Waals surface area (Å²) in [7, 11) is 0. The molecule has 0 atom stereocenters. The second-order valence-electron chi connectivity index (χ2n) is 7.90. The Labute approximate surface area is 154 Å². The van der Waals surface area contributed by atoms with Crippen LogP contribution >= 0.6 is 0 Å². The Kier molecular flexibility index (Phi) is 5.36. The second-order valence-corrected chi connectivity index (χ2v) is 7.90. The van der Waals surface area contributed by atoms with Crippen LogP contribution in [0, 0.1) is 0 Å². The molecule has 0 bridgehead atoms. The lowest BCUT2D eigenvalue weighted by Gasteiger charge is -2.51. The topological polar surface area (TPSA) is 71.1 Å². The molecule has 0 radical (unpaired) electrons. The van der Waals surface area contributed by atoms with Crippen molar-refractivity contribution in [3.05, 3.63) is 35.9 Å². The first kappa shape index (κ1) is 18.5. The maximum absolute atomic E-state index is 11.9. The third-order valence-electron chi connectivity index (χ3n) is 4.47. The molecular formula is C19H27N3O4. The molecule has 0 aromatic heterocycles. The molecule has 7 heteroatoms. The van der Waals surface area contributed by atoms with Gasteiger partial charge in [-0.2, -0.15) is 0 Å². The molecule has 26 heavy (non-hydrogen) atoms. The zero-order valence-corrected chi connectivity index (χ0v) is 15.6. The predicted molar refractivity (Wildman–Crippen MR) is 96.7 cm³/mol. The molecule has 0 spiro atoms. The van der Waals surface area contributed by atoms with Crippen molar-refractivity contribution in [2.75, 3.05) is 26.2 Å². The molecule has 0 aliphatic carbocycles. The monoisotopic (exact) mass is 361 g/mol. The average molecular weight is 361 g/mol. The summed E-state index contributed by atoms with van der Waals surface area (Å²) in [6, 6.07) is 10.1. The Hall–Kier alpha value is -2.28. The van der Waals surface area contributed by atoms with Gasteiger partial charge in [0.1, 0.15) is 12.2 Å². The van der Waals surface area contributed by atoms with Crippen LogP contribution in [0.3, 0.4) is 0 Å². The molecule has 142 valence electrons. The summed E-state index contributed by atoms with van der Waals surface area (Å²) in [5.41, 5.74) is 0.503. The van der Waals surface area contributed by atoms with Crippen LogP contribution in [0.1, 0.15) is 26.3 Å². The number of benzene rings is 1. The number of alkyl carbamates (subject to hydrolysis) is 1. The third kappa shape index (κ3) is 4.88. The van der Waals surface area contributed by atoms with Gasteiger partial charge in [0, 0.05) is 32.2 Å². The van der Waals surface area contributed by atoms with Gasteiger partial charge >= 0.3 is 12.2 Å². The molecule has 2 aliphatic rings. The molecule has 2 heterocycles. The van der Waals surface area contributed by atoms with E-state index in [0.29, 0.717) is 19.1 Å². The minimum atomic E-state index is -0.464. The molecule has 0 unspecified atom stereocenters. The molecule has 1 N–H and O–H groups in total. The van der Waals surface area contributed by atoms with Crippen molar-refractivity contribution in [3.63, 3.8) is 0 Å². The van der Waals surface area contributed by atoms with Gasteiger partial charge in [-0.15, -0.1) is 0 Å². The lowest BCUT2D eigenvalue weighted by Crippen LogP contribution is -2.70. The van der Waals surface area contributed by atoms with Crippen LogP contribution in [0.5, 0.6) is 0 Å². The molecule has 1 aromatic rings. The van der Waals surface area contributed by atoms with Gasteiger partial charge in [0.15, 0.2) is 0 Å². The summed E-state index contributed by atoms with van der Waals surface area (Å²) < 4.78 is 10.6.